The van der Waals surface area contributed by atoms with Gasteiger partial charge in [0.05, 0.1) is 0 Å². The summed E-state index contributed by atoms with van der Waals surface area (Å²) in [6.45, 7) is 9.48. The van der Waals surface area contributed by atoms with Gasteiger partial charge in [-0.1, -0.05) is 39.8 Å². The van der Waals surface area contributed by atoms with E-state index in [4.69, 9.17) is 0 Å². The van der Waals surface area contributed by atoms with Gasteiger partial charge in [-0.2, -0.15) is 0 Å². The molecule has 0 saturated heterocycles. The molecular formula is C17H23N3S. The molecule has 1 aromatic carbocycles. The van der Waals surface area contributed by atoms with Crippen molar-refractivity contribution in [2.75, 3.05) is 0 Å². The van der Waals surface area contributed by atoms with Crippen molar-refractivity contribution in [1.29, 1.82) is 0 Å². The summed E-state index contributed by atoms with van der Waals surface area (Å²) in [5, 5.41) is 4.15. The van der Waals surface area contributed by atoms with Gasteiger partial charge in [0.25, 0.3) is 0 Å². The van der Waals surface area contributed by atoms with Crippen LogP contribution in [0.3, 0.4) is 0 Å². The first-order valence-corrected chi connectivity index (χ1v) is 8.18. The Labute approximate surface area is 131 Å². The molecule has 0 radical (unpaired) electrons. The molecule has 0 saturated carbocycles. The second-order valence-electron chi connectivity index (χ2n) is 5.74. The Kier molecular flexibility index (Phi) is 5.76. The van der Waals surface area contributed by atoms with Gasteiger partial charge in [0.1, 0.15) is 0 Å². The van der Waals surface area contributed by atoms with Gasteiger partial charge >= 0.3 is 0 Å². The van der Waals surface area contributed by atoms with Crippen molar-refractivity contribution in [1.82, 2.24) is 15.3 Å². The highest BCUT2D eigenvalue weighted by molar-refractivity contribution is 7.99. The Bertz CT molecular complexity index is 547. The Balaban J connectivity index is 1.96. The minimum absolute atomic E-state index is 0.471. The lowest BCUT2D eigenvalue weighted by Crippen LogP contribution is -2.21. The van der Waals surface area contributed by atoms with Gasteiger partial charge in [-0.25, -0.2) is 9.97 Å². The molecule has 0 aliphatic rings. The minimum atomic E-state index is 0.471. The van der Waals surface area contributed by atoms with E-state index in [1.807, 2.05) is 12.4 Å². The molecule has 21 heavy (non-hydrogen) atoms. The minimum Gasteiger partial charge on any atom is -0.310 e. The van der Waals surface area contributed by atoms with Crippen LogP contribution in [0.25, 0.3) is 0 Å². The van der Waals surface area contributed by atoms with E-state index in [2.05, 4.69) is 67.2 Å². The van der Waals surface area contributed by atoms with Crippen LogP contribution in [0.2, 0.25) is 0 Å². The van der Waals surface area contributed by atoms with E-state index in [0.29, 0.717) is 12.0 Å². The number of hydrogen-bond acceptors (Lipinski definition) is 4. The summed E-state index contributed by atoms with van der Waals surface area (Å²) >= 11 is 1.60. The number of benzene rings is 1. The Morgan fingerprint density at radius 1 is 1.00 bits per heavy atom. The molecule has 0 bridgehead atoms. The van der Waals surface area contributed by atoms with Crippen LogP contribution < -0.4 is 5.32 Å². The van der Waals surface area contributed by atoms with Crippen molar-refractivity contribution in [2.24, 2.45) is 0 Å². The van der Waals surface area contributed by atoms with Gasteiger partial charge in [-0.15, -0.1) is 0 Å². The summed E-state index contributed by atoms with van der Waals surface area (Å²) in [6.07, 6.45) is 3.79. The van der Waals surface area contributed by atoms with Crippen molar-refractivity contribution < 1.29 is 0 Å². The molecule has 4 heteroatoms. The molecule has 0 amide bonds. The summed E-state index contributed by atoms with van der Waals surface area (Å²) in [5.41, 5.74) is 2.47. The zero-order valence-electron chi connectivity index (χ0n) is 13.1. The van der Waals surface area contributed by atoms with Crippen molar-refractivity contribution >= 4 is 11.8 Å². The molecular weight excluding hydrogens is 278 g/mol. The van der Waals surface area contributed by atoms with Crippen molar-refractivity contribution in [2.45, 2.75) is 56.3 Å². The van der Waals surface area contributed by atoms with Crippen LogP contribution in [-0.2, 0) is 6.54 Å². The molecule has 0 atom stereocenters. The van der Waals surface area contributed by atoms with Crippen molar-refractivity contribution in [3.05, 3.63) is 47.8 Å². The largest absolute Gasteiger partial charge is 0.310 e. The second kappa shape index (κ2) is 7.57. The first-order valence-electron chi connectivity index (χ1n) is 7.36. The van der Waals surface area contributed by atoms with Crippen LogP contribution in [0.4, 0.5) is 0 Å². The van der Waals surface area contributed by atoms with E-state index in [-0.39, 0.29) is 0 Å². The third kappa shape index (κ3) is 5.14. The van der Waals surface area contributed by atoms with E-state index in [9.17, 15) is 0 Å². The van der Waals surface area contributed by atoms with Gasteiger partial charge in [-0.05, 0) is 35.4 Å². The lowest BCUT2D eigenvalue weighted by molar-refractivity contribution is 0.585. The molecule has 1 N–H and O–H groups in total. The molecule has 0 fully saturated rings. The van der Waals surface area contributed by atoms with Crippen LogP contribution in [-0.4, -0.2) is 16.0 Å². The van der Waals surface area contributed by atoms with E-state index < -0.39 is 0 Å². The fourth-order valence-electron chi connectivity index (χ4n) is 1.84. The van der Waals surface area contributed by atoms with Crippen molar-refractivity contribution in [3.63, 3.8) is 0 Å². The normalized spacial score (nSPS) is 11.3. The highest BCUT2D eigenvalue weighted by Crippen LogP contribution is 2.26. The van der Waals surface area contributed by atoms with Gasteiger partial charge < -0.3 is 5.32 Å². The average Bonchev–Trinajstić information content (AvgIpc) is 2.47. The van der Waals surface area contributed by atoms with Gasteiger partial charge in [0.15, 0.2) is 5.16 Å². The van der Waals surface area contributed by atoms with Gasteiger partial charge in [-0.3, -0.25) is 0 Å². The molecule has 0 aliphatic heterocycles. The Morgan fingerprint density at radius 2 is 1.62 bits per heavy atom. The van der Waals surface area contributed by atoms with Crippen LogP contribution in [0.15, 0.2) is 46.7 Å². The summed E-state index contributed by atoms with van der Waals surface area (Å²) in [4.78, 5) is 10.0. The fourth-order valence-corrected chi connectivity index (χ4v) is 2.53. The van der Waals surface area contributed by atoms with Crippen LogP contribution in [0, 0.1) is 0 Å². The number of aromatic nitrogens is 2. The maximum atomic E-state index is 4.42. The van der Waals surface area contributed by atoms with Crippen LogP contribution in [0.5, 0.6) is 0 Å². The van der Waals surface area contributed by atoms with Gasteiger partial charge in [0, 0.05) is 35.4 Å². The summed E-state index contributed by atoms with van der Waals surface area (Å²) in [5.74, 6) is 0.563. The highest BCUT2D eigenvalue weighted by Gasteiger charge is 2.03. The number of nitrogens with zero attached hydrogens (tertiary/aromatic N) is 2. The molecule has 3 nitrogen and oxygen atoms in total. The number of nitrogens with one attached hydrogen (secondary N) is 1. The fraction of sp³-hybridized carbons (Fsp3) is 0.412. The molecule has 2 aromatic rings. The summed E-state index contributed by atoms with van der Waals surface area (Å²) in [7, 11) is 0. The third-order valence-corrected chi connectivity index (χ3v) is 4.05. The van der Waals surface area contributed by atoms with E-state index in [0.717, 1.165) is 17.3 Å². The molecule has 2 rings (SSSR count). The maximum absolute atomic E-state index is 4.42. The zero-order valence-corrected chi connectivity index (χ0v) is 13.9. The molecule has 1 heterocycles. The third-order valence-electron chi connectivity index (χ3n) is 3.15. The summed E-state index contributed by atoms with van der Waals surface area (Å²) < 4.78 is 0. The van der Waals surface area contributed by atoms with E-state index in [1.165, 1.54) is 10.5 Å². The predicted molar refractivity (Wildman–Crippen MR) is 88.7 cm³/mol. The molecule has 1 aromatic heterocycles. The Morgan fingerprint density at radius 3 is 2.14 bits per heavy atom. The smallest absolute Gasteiger partial charge is 0.192 e. The van der Waals surface area contributed by atoms with Crippen molar-refractivity contribution in [3.8, 4) is 0 Å². The SMILES string of the molecule is CC(C)NCc1cnc(Sc2ccc(C(C)C)cc2)nc1. The van der Waals surface area contributed by atoms with E-state index in [1.54, 1.807) is 11.8 Å². The molecule has 0 spiro atoms. The van der Waals surface area contributed by atoms with Gasteiger partial charge in [0.2, 0.25) is 0 Å². The quantitative estimate of drug-likeness (QED) is 0.809. The monoisotopic (exact) mass is 301 g/mol. The average molecular weight is 301 g/mol. The topological polar surface area (TPSA) is 37.8 Å². The highest BCUT2D eigenvalue weighted by atomic mass is 32.2. The first-order chi connectivity index (χ1) is 10.0. The molecule has 0 aliphatic carbocycles. The van der Waals surface area contributed by atoms with Crippen LogP contribution in [0.1, 0.15) is 44.7 Å². The first kappa shape index (κ1) is 16.0. The number of rotatable bonds is 6. The van der Waals surface area contributed by atoms with Crippen LogP contribution >= 0.6 is 11.8 Å². The maximum Gasteiger partial charge on any atom is 0.192 e. The number of hydrogen-bond donors (Lipinski definition) is 1. The molecule has 112 valence electrons. The second-order valence-corrected chi connectivity index (χ2v) is 6.78. The predicted octanol–water partition coefficient (Wildman–Crippen LogP) is 4.25. The lowest BCUT2D eigenvalue weighted by Gasteiger charge is -2.08. The standard InChI is InChI=1S/C17H23N3S/c1-12(2)15-5-7-16(8-6-15)21-17-19-10-14(11-20-17)9-18-13(3)4/h5-8,10-13,18H,9H2,1-4H3. The Hall–Kier alpha value is -1.39. The van der Waals surface area contributed by atoms with E-state index >= 15 is 0 Å². The zero-order chi connectivity index (χ0) is 15.2. The summed E-state index contributed by atoms with van der Waals surface area (Å²) in [6, 6.07) is 9.09. The molecule has 0 unspecified atom stereocenters. The lowest BCUT2D eigenvalue weighted by atomic mass is 10.0.